The molecule has 0 bridgehead atoms. The molecule has 1 aromatic carbocycles. The van der Waals surface area contributed by atoms with Gasteiger partial charge in [-0.2, -0.15) is 4.72 Å². The maximum atomic E-state index is 12.3. The summed E-state index contributed by atoms with van der Waals surface area (Å²) in [7, 11) is -2.24. The Labute approximate surface area is 126 Å². The number of hydrogen-bond acceptors (Lipinski definition) is 3. The highest BCUT2D eigenvalue weighted by Gasteiger charge is 2.25. The van der Waals surface area contributed by atoms with Crippen molar-refractivity contribution in [2.24, 2.45) is 5.92 Å². The van der Waals surface area contributed by atoms with Crippen molar-refractivity contribution in [3.8, 4) is 0 Å². The number of hydrogen-bond donors (Lipinski definition) is 2. The van der Waals surface area contributed by atoms with Crippen LogP contribution in [-0.4, -0.2) is 27.4 Å². The van der Waals surface area contributed by atoms with E-state index in [1.54, 1.807) is 18.2 Å². The number of sulfonamides is 1. The minimum absolute atomic E-state index is 0.130. The lowest BCUT2D eigenvalue weighted by atomic mass is 10.0. The molecule has 6 heteroatoms. The Kier molecular flexibility index (Phi) is 6.11. The highest BCUT2D eigenvalue weighted by Crippen LogP contribution is 2.14. The third kappa shape index (κ3) is 4.99. The molecule has 1 unspecified atom stereocenters. The molecule has 1 amide bonds. The Morgan fingerprint density at radius 3 is 2.29 bits per heavy atom. The van der Waals surface area contributed by atoms with Crippen LogP contribution in [0.5, 0.6) is 0 Å². The van der Waals surface area contributed by atoms with Gasteiger partial charge in [0, 0.05) is 7.05 Å². The van der Waals surface area contributed by atoms with Gasteiger partial charge >= 0.3 is 0 Å². The number of benzene rings is 1. The van der Waals surface area contributed by atoms with Gasteiger partial charge in [0.15, 0.2) is 0 Å². The van der Waals surface area contributed by atoms with Gasteiger partial charge in [-0.3, -0.25) is 4.79 Å². The van der Waals surface area contributed by atoms with Crippen molar-refractivity contribution in [1.82, 2.24) is 10.0 Å². The second kappa shape index (κ2) is 7.38. The van der Waals surface area contributed by atoms with E-state index in [4.69, 9.17) is 0 Å². The summed E-state index contributed by atoms with van der Waals surface area (Å²) in [5.41, 5.74) is 0.832. The molecule has 0 saturated heterocycles. The number of carbonyl (C=O) groups excluding carboxylic acids is 1. The highest BCUT2D eigenvalue weighted by molar-refractivity contribution is 7.89. The number of nitrogens with one attached hydrogen (secondary N) is 2. The van der Waals surface area contributed by atoms with Crippen LogP contribution < -0.4 is 10.0 Å². The summed E-state index contributed by atoms with van der Waals surface area (Å²) < 4.78 is 27.1. The van der Waals surface area contributed by atoms with E-state index in [9.17, 15) is 13.2 Å². The van der Waals surface area contributed by atoms with E-state index in [-0.39, 0.29) is 16.7 Å². The predicted molar refractivity (Wildman–Crippen MR) is 84.2 cm³/mol. The molecule has 0 saturated carbocycles. The normalized spacial score (nSPS) is 13.0. The smallest absolute Gasteiger partial charge is 0.241 e. The molecule has 2 N–H and O–H groups in total. The summed E-state index contributed by atoms with van der Waals surface area (Å²) in [6.45, 7) is 7.49. The quantitative estimate of drug-likeness (QED) is 0.806. The zero-order valence-electron chi connectivity index (χ0n) is 12.6. The van der Waals surface area contributed by atoms with E-state index in [1.165, 1.54) is 19.2 Å². The molecule has 1 aromatic rings. The Bertz CT molecular complexity index is 592. The third-order valence-corrected chi connectivity index (χ3v) is 4.48. The molecule has 0 heterocycles. The summed E-state index contributed by atoms with van der Waals surface area (Å²) in [5.74, 6) is -0.145. The van der Waals surface area contributed by atoms with Gasteiger partial charge in [-0.15, -0.1) is 0 Å². The molecule has 0 aliphatic heterocycles. The lowest BCUT2D eigenvalue weighted by Gasteiger charge is -2.19. The fourth-order valence-electron chi connectivity index (χ4n) is 1.89. The summed E-state index contributed by atoms with van der Waals surface area (Å²) in [4.78, 5) is 11.9. The van der Waals surface area contributed by atoms with Crippen molar-refractivity contribution in [1.29, 1.82) is 0 Å². The van der Waals surface area contributed by atoms with Crippen molar-refractivity contribution in [2.45, 2.75) is 31.2 Å². The molecule has 5 nitrogen and oxygen atoms in total. The fraction of sp³-hybridized carbons (Fsp3) is 0.400. The first-order valence-corrected chi connectivity index (χ1v) is 8.25. The first-order chi connectivity index (χ1) is 9.80. The van der Waals surface area contributed by atoms with Crippen molar-refractivity contribution in [3.63, 3.8) is 0 Å². The van der Waals surface area contributed by atoms with Crippen molar-refractivity contribution in [3.05, 3.63) is 36.4 Å². The van der Waals surface area contributed by atoms with Gasteiger partial charge in [-0.05, 0) is 30.0 Å². The Balaban J connectivity index is 2.98. The number of likely N-dealkylation sites (N-methyl/N-ethyl adjacent to an activating group) is 1. The van der Waals surface area contributed by atoms with Crippen LogP contribution in [0.15, 0.2) is 35.7 Å². The monoisotopic (exact) mass is 310 g/mol. The van der Waals surface area contributed by atoms with E-state index in [0.29, 0.717) is 6.42 Å². The zero-order chi connectivity index (χ0) is 16.0. The molecule has 0 aliphatic rings. The Hall–Kier alpha value is -1.66. The van der Waals surface area contributed by atoms with Crippen LogP contribution in [-0.2, 0) is 14.8 Å². The third-order valence-electron chi connectivity index (χ3n) is 2.99. The van der Waals surface area contributed by atoms with Gasteiger partial charge < -0.3 is 5.32 Å². The summed E-state index contributed by atoms with van der Waals surface area (Å²) in [6, 6.07) is 5.54. The second-order valence-corrected chi connectivity index (χ2v) is 6.90. The lowest BCUT2D eigenvalue weighted by molar-refractivity contribution is -0.122. The number of amides is 1. The second-order valence-electron chi connectivity index (χ2n) is 5.19. The van der Waals surface area contributed by atoms with E-state index in [2.05, 4.69) is 16.6 Å². The molecule has 21 heavy (non-hydrogen) atoms. The van der Waals surface area contributed by atoms with Crippen LogP contribution in [0.1, 0.15) is 25.8 Å². The van der Waals surface area contributed by atoms with E-state index in [1.807, 2.05) is 13.8 Å². The van der Waals surface area contributed by atoms with Gasteiger partial charge in [-0.25, -0.2) is 8.42 Å². The van der Waals surface area contributed by atoms with Gasteiger partial charge in [-0.1, -0.05) is 38.6 Å². The largest absolute Gasteiger partial charge is 0.358 e. The van der Waals surface area contributed by atoms with Crippen molar-refractivity contribution >= 4 is 22.0 Å². The van der Waals surface area contributed by atoms with Gasteiger partial charge in [0.05, 0.1) is 4.90 Å². The lowest BCUT2D eigenvalue weighted by Crippen LogP contribution is -2.46. The first kappa shape index (κ1) is 17.4. The van der Waals surface area contributed by atoms with Crippen LogP contribution in [0.25, 0.3) is 6.08 Å². The molecule has 1 rings (SSSR count). The van der Waals surface area contributed by atoms with Gasteiger partial charge in [0.1, 0.15) is 6.04 Å². The molecule has 0 radical (unpaired) electrons. The predicted octanol–water partition coefficient (Wildman–Crippen LogP) is 1.77. The summed E-state index contributed by atoms with van der Waals surface area (Å²) in [5, 5.41) is 2.48. The summed E-state index contributed by atoms with van der Waals surface area (Å²) in [6.07, 6.45) is 2.07. The molecule has 0 aromatic heterocycles. The van der Waals surface area contributed by atoms with Crippen LogP contribution in [0.2, 0.25) is 0 Å². The van der Waals surface area contributed by atoms with E-state index in [0.717, 1.165) is 5.56 Å². The summed E-state index contributed by atoms with van der Waals surface area (Å²) >= 11 is 0. The topological polar surface area (TPSA) is 75.3 Å². The molecule has 0 aliphatic carbocycles. The van der Waals surface area contributed by atoms with Crippen molar-refractivity contribution < 1.29 is 13.2 Å². The SMILES string of the molecule is C=Cc1ccc(S(=O)(=O)NC(CC(C)C)C(=O)NC)cc1. The minimum Gasteiger partial charge on any atom is -0.358 e. The molecular formula is C15H22N2O3S. The standard InChI is InChI=1S/C15H22N2O3S/c1-5-12-6-8-13(9-7-12)21(19,20)17-14(10-11(2)3)15(18)16-4/h5-9,11,14,17H,1,10H2,2-4H3,(H,16,18). The van der Waals surface area contributed by atoms with Gasteiger partial charge in [0.25, 0.3) is 0 Å². The zero-order valence-corrected chi connectivity index (χ0v) is 13.4. The molecule has 0 fully saturated rings. The maximum Gasteiger partial charge on any atom is 0.241 e. The maximum absolute atomic E-state index is 12.3. The Morgan fingerprint density at radius 2 is 1.86 bits per heavy atom. The van der Waals surface area contributed by atoms with Crippen LogP contribution in [0.3, 0.4) is 0 Å². The Morgan fingerprint density at radius 1 is 1.29 bits per heavy atom. The number of rotatable bonds is 7. The number of carbonyl (C=O) groups is 1. The molecular weight excluding hydrogens is 288 g/mol. The van der Waals surface area contributed by atoms with Crippen LogP contribution in [0.4, 0.5) is 0 Å². The molecule has 0 spiro atoms. The average Bonchev–Trinajstić information content (AvgIpc) is 2.45. The van der Waals surface area contributed by atoms with Crippen molar-refractivity contribution in [2.75, 3.05) is 7.05 Å². The minimum atomic E-state index is -3.73. The molecule has 116 valence electrons. The average molecular weight is 310 g/mol. The first-order valence-electron chi connectivity index (χ1n) is 6.76. The fourth-order valence-corrected chi connectivity index (χ4v) is 3.10. The highest BCUT2D eigenvalue weighted by atomic mass is 32.2. The van der Waals surface area contributed by atoms with Crippen LogP contribution in [0, 0.1) is 5.92 Å². The van der Waals surface area contributed by atoms with Crippen LogP contribution >= 0.6 is 0 Å². The van der Waals surface area contributed by atoms with E-state index < -0.39 is 16.1 Å². The molecule has 1 atom stereocenters. The van der Waals surface area contributed by atoms with E-state index >= 15 is 0 Å². The van der Waals surface area contributed by atoms with Gasteiger partial charge in [0.2, 0.25) is 15.9 Å².